The monoisotopic (exact) mass is 381 g/mol. The third kappa shape index (κ3) is 2.97. The molecule has 0 amide bonds. The normalized spacial score (nSPS) is 10.4. The largest absolute Gasteiger partial charge is 0.432 e. The molecule has 1 aromatic heterocycles. The van der Waals surface area contributed by atoms with Crippen LogP contribution in [-0.2, 0) is 0 Å². The molecule has 1 heterocycles. The Hall–Kier alpha value is -1.51. The van der Waals surface area contributed by atoms with Crippen LogP contribution in [0.2, 0.25) is 10.2 Å². The van der Waals surface area contributed by atoms with Gasteiger partial charge in [0.05, 0.1) is 14.4 Å². The van der Waals surface area contributed by atoms with Gasteiger partial charge in [-0.05, 0) is 22.0 Å². The minimum atomic E-state index is -0.794. The minimum Gasteiger partial charge on any atom is -0.432 e. The van der Waals surface area contributed by atoms with Gasteiger partial charge in [-0.15, -0.1) is 0 Å². The van der Waals surface area contributed by atoms with Crippen LogP contribution in [-0.4, -0.2) is 14.9 Å². The molecule has 0 spiro atoms. The van der Waals surface area contributed by atoms with Crippen molar-refractivity contribution in [3.05, 3.63) is 49.0 Å². The fourth-order valence-corrected chi connectivity index (χ4v) is 2.17. The van der Waals surface area contributed by atoms with Crippen molar-refractivity contribution in [2.24, 2.45) is 0 Å². The molecule has 0 bridgehead atoms. The lowest BCUT2D eigenvalue weighted by atomic mass is 10.3. The highest BCUT2D eigenvalue weighted by Gasteiger charge is 2.24. The van der Waals surface area contributed by atoms with E-state index in [0.717, 1.165) is 12.4 Å². The lowest BCUT2D eigenvalue weighted by molar-refractivity contribution is -0.386. The third-order valence-electron chi connectivity index (χ3n) is 2.11. The Balaban J connectivity index is 2.48. The van der Waals surface area contributed by atoms with Gasteiger partial charge in [-0.2, -0.15) is 4.98 Å². The Labute approximate surface area is 129 Å². The van der Waals surface area contributed by atoms with Gasteiger partial charge in [0.15, 0.2) is 0 Å². The van der Waals surface area contributed by atoms with E-state index in [0.29, 0.717) is 4.47 Å². The van der Waals surface area contributed by atoms with Gasteiger partial charge >= 0.3 is 11.6 Å². The number of ether oxygens (including phenoxy) is 1. The molecule has 2 aromatic rings. The molecule has 0 radical (unpaired) electrons. The van der Waals surface area contributed by atoms with Gasteiger partial charge in [-0.3, -0.25) is 10.1 Å². The average Bonchev–Trinajstić information content (AvgIpc) is 2.35. The summed E-state index contributed by atoms with van der Waals surface area (Å²) in [6.45, 7) is 0. The first kappa shape index (κ1) is 14.9. The van der Waals surface area contributed by atoms with Crippen LogP contribution in [0.5, 0.6) is 11.6 Å². The van der Waals surface area contributed by atoms with Crippen molar-refractivity contribution in [3.8, 4) is 11.6 Å². The van der Waals surface area contributed by atoms with Crippen molar-refractivity contribution in [2.75, 3.05) is 0 Å². The van der Waals surface area contributed by atoms with Crippen molar-refractivity contribution in [2.45, 2.75) is 0 Å². The topological polar surface area (TPSA) is 78.2 Å². The molecule has 0 aliphatic rings. The molecule has 104 valence electrons. The van der Waals surface area contributed by atoms with Crippen LogP contribution < -0.4 is 4.74 Å². The van der Waals surface area contributed by atoms with Crippen LogP contribution in [0.1, 0.15) is 0 Å². The number of nitro groups is 1. The predicted molar refractivity (Wildman–Crippen MR) is 72.9 cm³/mol. The number of aromatic nitrogens is 2. The van der Waals surface area contributed by atoms with Crippen LogP contribution in [0.3, 0.4) is 0 Å². The Morgan fingerprint density at radius 2 is 2.05 bits per heavy atom. The zero-order valence-corrected chi connectivity index (χ0v) is 12.4. The molecule has 2 rings (SSSR count). The average molecular weight is 383 g/mol. The summed E-state index contributed by atoms with van der Waals surface area (Å²) < 4.78 is 18.9. The van der Waals surface area contributed by atoms with Crippen LogP contribution in [0, 0.1) is 15.9 Å². The summed E-state index contributed by atoms with van der Waals surface area (Å²) in [6, 6.07) is 2.22. The molecule has 0 fully saturated rings. The van der Waals surface area contributed by atoms with Crippen molar-refractivity contribution in [1.29, 1.82) is 0 Å². The maximum absolute atomic E-state index is 13.4. The number of halogens is 4. The fraction of sp³-hybridized carbons (Fsp3) is 0. The quantitative estimate of drug-likeness (QED) is 0.340. The molecule has 0 aliphatic heterocycles. The van der Waals surface area contributed by atoms with E-state index in [1.807, 2.05) is 0 Å². The fourth-order valence-electron chi connectivity index (χ4n) is 1.26. The van der Waals surface area contributed by atoms with E-state index in [1.165, 1.54) is 6.07 Å². The molecule has 0 aliphatic carbocycles. The summed E-state index contributed by atoms with van der Waals surface area (Å²) in [6.07, 6.45) is 0.991. The number of benzene rings is 1. The highest BCUT2D eigenvalue weighted by atomic mass is 79.9. The van der Waals surface area contributed by atoms with E-state index in [4.69, 9.17) is 27.9 Å². The predicted octanol–water partition coefficient (Wildman–Crippen LogP) is 4.39. The smallest absolute Gasteiger partial charge is 0.368 e. The van der Waals surface area contributed by atoms with Gasteiger partial charge in [0.25, 0.3) is 0 Å². The van der Waals surface area contributed by atoms with Crippen molar-refractivity contribution in [1.82, 2.24) is 9.97 Å². The Morgan fingerprint density at radius 3 is 2.70 bits per heavy atom. The van der Waals surface area contributed by atoms with Crippen LogP contribution in [0.15, 0.2) is 22.9 Å². The third-order valence-corrected chi connectivity index (χ3v) is 3.29. The van der Waals surface area contributed by atoms with E-state index >= 15 is 0 Å². The zero-order chi connectivity index (χ0) is 14.9. The number of rotatable bonds is 3. The second-order valence-electron chi connectivity index (χ2n) is 3.37. The maximum Gasteiger partial charge on any atom is 0.368 e. The summed E-state index contributed by atoms with van der Waals surface area (Å²) >= 11 is 14.3. The summed E-state index contributed by atoms with van der Waals surface area (Å²) in [7, 11) is 0. The molecule has 1 aromatic carbocycles. The van der Waals surface area contributed by atoms with E-state index in [9.17, 15) is 14.5 Å². The second-order valence-corrected chi connectivity index (χ2v) is 4.99. The second kappa shape index (κ2) is 5.86. The van der Waals surface area contributed by atoms with Crippen molar-refractivity contribution in [3.63, 3.8) is 0 Å². The van der Waals surface area contributed by atoms with E-state index in [1.54, 1.807) is 0 Å². The first-order chi connectivity index (χ1) is 9.40. The van der Waals surface area contributed by atoms with Crippen molar-refractivity contribution < 1.29 is 14.1 Å². The Bertz CT molecular complexity index is 702. The molecular formula is C10H3BrCl2FN3O3. The van der Waals surface area contributed by atoms with Gasteiger partial charge in [0.2, 0.25) is 5.15 Å². The summed E-state index contributed by atoms with van der Waals surface area (Å²) in [5, 5.41) is 10.4. The SMILES string of the molecule is O=[N+]([O-])c1c(Cl)ncnc1Oc1cc(F)c(Cl)cc1Br. The van der Waals surface area contributed by atoms with Gasteiger partial charge < -0.3 is 4.74 Å². The lowest BCUT2D eigenvalue weighted by Crippen LogP contribution is -1.99. The van der Waals surface area contributed by atoms with Crippen LogP contribution in [0.4, 0.5) is 10.1 Å². The molecule has 0 N–H and O–H groups in total. The number of nitrogens with zero attached hydrogens (tertiary/aromatic N) is 3. The maximum atomic E-state index is 13.4. The standard InChI is InChI=1S/C10H3BrCl2FN3O3/c11-4-1-5(12)6(14)2-7(4)20-10-8(17(18)19)9(13)15-3-16-10/h1-3H. The molecule has 6 nitrogen and oxygen atoms in total. The van der Waals surface area contributed by atoms with Crippen LogP contribution >= 0.6 is 39.1 Å². The Kier molecular flexibility index (Phi) is 4.36. The van der Waals surface area contributed by atoms with E-state index in [-0.39, 0.29) is 15.9 Å². The lowest BCUT2D eigenvalue weighted by Gasteiger charge is -2.08. The first-order valence-electron chi connectivity index (χ1n) is 4.87. The molecule has 20 heavy (non-hydrogen) atoms. The molecular weight excluding hydrogens is 380 g/mol. The molecule has 0 unspecified atom stereocenters. The first-order valence-corrected chi connectivity index (χ1v) is 6.42. The molecule has 0 atom stereocenters. The summed E-state index contributed by atoms with van der Waals surface area (Å²) in [5.74, 6) is -1.19. The molecule has 10 heteroatoms. The Morgan fingerprint density at radius 1 is 1.35 bits per heavy atom. The van der Waals surface area contributed by atoms with Gasteiger partial charge in [0, 0.05) is 6.07 Å². The van der Waals surface area contributed by atoms with Gasteiger partial charge in [-0.1, -0.05) is 23.2 Å². The summed E-state index contributed by atoms with van der Waals surface area (Å²) in [4.78, 5) is 17.2. The highest BCUT2D eigenvalue weighted by Crippen LogP contribution is 2.37. The molecule has 0 saturated heterocycles. The summed E-state index contributed by atoms with van der Waals surface area (Å²) in [5.41, 5.74) is -0.614. The van der Waals surface area contributed by atoms with Crippen LogP contribution in [0.25, 0.3) is 0 Å². The van der Waals surface area contributed by atoms with Gasteiger partial charge in [-0.25, -0.2) is 9.37 Å². The van der Waals surface area contributed by atoms with E-state index < -0.39 is 22.3 Å². The zero-order valence-electron chi connectivity index (χ0n) is 9.31. The van der Waals surface area contributed by atoms with Crippen molar-refractivity contribution >= 4 is 44.8 Å². The minimum absolute atomic E-state index is 0.0373. The highest BCUT2D eigenvalue weighted by molar-refractivity contribution is 9.10. The van der Waals surface area contributed by atoms with E-state index in [2.05, 4.69) is 25.9 Å². The molecule has 0 saturated carbocycles. The number of hydrogen-bond acceptors (Lipinski definition) is 5. The number of hydrogen-bond donors (Lipinski definition) is 0. The van der Waals surface area contributed by atoms with Gasteiger partial charge in [0.1, 0.15) is 17.9 Å².